The molecular weight excluding hydrogens is 170 g/mol. The van der Waals surface area contributed by atoms with Crippen molar-refractivity contribution in [1.82, 2.24) is 0 Å². The number of nitrogens with two attached hydrogens (primary N) is 1. The molecule has 1 heterocycles. The van der Waals surface area contributed by atoms with Crippen LogP contribution in [0, 0.1) is 0 Å². The molecule has 2 nitrogen and oxygen atoms in total. The number of Topliss-reactive ketones (excluding diaryl/α,β-unsaturated/α-hetero) is 1. The normalized spacial score (nSPS) is 21.0. The Bertz CT molecular complexity index is 329. The summed E-state index contributed by atoms with van der Waals surface area (Å²) in [7, 11) is 0. The van der Waals surface area contributed by atoms with Crippen LogP contribution in [0.3, 0.4) is 0 Å². The Morgan fingerprint density at radius 1 is 1.75 bits per heavy atom. The Kier molecular flexibility index (Phi) is 1.77. The van der Waals surface area contributed by atoms with E-state index < -0.39 is 0 Å². The number of carbonyl (C=O) groups is 1. The molecule has 2 rings (SSSR count). The van der Waals surface area contributed by atoms with Gasteiger partial charge in [-0.25, -0.2) is 0 Å². The molecular formula is C9H11NOS. The monoisotopic (exact) mass is 181 g/mol. The van der Waals surface area contributed by atoms with Crippen LogP contribution >= 0.6 is 11.3 Å². The van der Waals surface area contributed by atoms with Crippen molar-refractivity contribution in [3.63, 3.8) is 0 Å². The largest absolute Gasteiger partial charge is 0.324 e. The fourth-order valence-corrected chi connectivity index (χ4v) is 2.81. The number of fused-ring (bicyclic) bond motifs is 1. The van der Waals surface area contributed by atoms with Crippen molar-refractivity contribution in [2.24, 2.45) is 5.73 Å². The molecule has 64 valence electrons. The minimum absolute atomic E-state index is 0.171. The summed E-state index contributed by atoms with van der Waals surface area (Å²) in [4.78, 5) is 12.1. The van der Waals surface area contributed by atoms with Crippen LogP contribution in [0.15, 0.2) is 5.38 Å². The van der Waals surface area contributed by atoms with Crippen molar-refractivity contribution in [2.75, 3.05) is 0 Å². The Hall–Kier alpha value is -0.670. The lowest BCUT2D eigenvalue weighted by atomic mass is 10.1. The van der Waals surface area contributed by atoms with Gasteiger partial charge in [0, 0.05) is 6.04 Å². The van der Waals surface area contributed by atoms with Gasteiger partial charge >= 0.3 is 0 Å². The Labute approximate surface area is 75.4 Å². The molecule has 3 heteroatoms. The third kappa shape index (κ3) is 1.01. The third-order valence-electron chi connectivity index (χ3n) is 2.35. The van der Waals surface area contributed by atoms with Gasteiger partial charge in [-0.05, 0) is 36.3 Å². The van der Waals surface area contributed by atoms with E-state index in [4.69, 9.17) is 5.73 Å². The van der Waals surface area contributed by atoms with E-state index in [1.807, 2.05) is 5.38 Å². The first-order valence-electron chi connectivity index (χ1n) is 4.07. The summed E-state index contributed by atoms with van der Waals surface area (Å²) in [6, 6.07) is 0.171. The van der Waals surface area contributed by atoms with Gasteiger partial charge in [-0.1, -0.05) is 0 Å². The van der Waals surface area contributed by atoms with Gasteiger partial charge in [0.1, 0.15) is 0 Å². The zero-order valence-electron chi connectivity index (χ0n) is 6.96. The molecule has 0 aliphatic heterocycles. The van der Waals surface area contributed by atoms with Crippen molar-refractivity contribution in [3.05, 3.63) is 21.4 Å². The lowest BCUT2D eigenvalue weighted by Crippen LogP contribution is -2.03. The van der Waals surface area contributed by atoms with Crippen molar-refractivity contribution < 1.29 is 4.79 Å². The molecule has 0 bridgehead atoms. The summed E-state index contributed by atoms with van der Waals surface area (Å²) < 4.78 is 0. The molecule has 0 saturated carbocycles. The van der Waals surface area contributed by atoms with Crippen LogP contribution in [-0.2, 0) is 6.42 Å². The fraction of sp³-hybridized carbons (Fsp3) is 0.444. The average Bonchev–Trinajstić information content (AvgIpc) is 2.53. The summed E-state index contributed by atoms with van der Waals surface area (Å²) in [5.74, 6) is 0.176. The molecule has 0 radical (unpaired) electrons. The number of ketones is 1. The smallest absolute Gasteiger partial charge is 0.170 e. The Morgan fingerprint density at radius 2 is 2.50 bits per heavy atom. The second-order valence-corrected chi connectivity index (χ2v) is 4.08. The van der Waals surface area contributed by atoms with Crippen LogP contribution < -0.4 is 5.73 Å². The molecule has 1 unspecified atom stereocenters. The molecule has 1 aliphatic rings. The number of hydrogen-bond donors (Lipinski definition) is 1. The topological polar surface area (TPSA) is 43.1 Å². The fourth-order valence-electron chi connectivity index (χ4n) is 1.72. The predicted molar refractivity (Wildman–Crippen MR) is 49.6 cm³/mol. The number of hydrogen-bond acceptors (Lipinski definition) is 3. The van der Waals surface area contributed by atoms with E-state index in [0.29, 0.717) is 0 Å². The van der Waals surface area contributed by atoms with Gasteiger partial charge in [0.2, 0.25) is 0 Å². The van der Waals surface area contributed by atoms with Crippen LogP contribution in [0.25, 0.3) is 0 Å². The molecule has 0 spiro atoms. The second-order valence-electron chi connectivity index (χ2n) is 3.20. The SMILES string of the molecule is CC(=O)c1scc2c1CCC2N. The maximum absolute atomic E-state index is 11.1. The van der Waals surface area contributed by atoms with E-state index in [1.54, 1.807) is 6.92 Å². The van der Waals surface area contributed by atoms with Gasteiger partial charge in [0.15, 0.2) is 5.78 Å². The third-order valence-corrected chi connectivity index (χ3v) is 3.49. The Balaban J connectivity index is 2.49. The molecule has 2 N–H and O–H groups in total. The lowest BCUT2D eigenvalue weighted by molar-refractivity contribution is 0.102. The molecule has 1 aromatic heterocycles. The van der Waals surface area contributed by atoms with Crippen molar-refractivity contribution in [2.45, 2.75) is 25.8 Å². The first-order valence-corrected chi connectivity index (χ1v) is 4.95. The second kappa shape index (κ2) is 2.68. The van der Waals surface area contributed by atoms with Crippen molar-refractivity contribution in [1.29, 1.82) is 0 Å². The van der Waals surface area contributed by atoms with E-state index in [1.165, 1.54) is 22.5 Å². The van der Waals surface area contributed by atoms with Crippen LogP contribution in [0.4, 0.5) is 0 Å². The minimum atomic E-state index is 0.171. The molecule has 0 saturated heterocycles. The standard InChI is InChI=1S/C9H11NOS/c1-5(11)9-6-2-3-8(10)7(6)4-12-9/h4,8H,2-3,10H2,1H3. The first-order chi connectivity index (χ1) is 5.70. The molecule has 0 fully saturated rings. The van der Waals surface area contributed by atoms with Crippen molar-refractivity contribution >= 4 is 17.1 Å². The highest BCUT2D eigenvalue weighted by Crippen LogP contribution is 2.35. The van der Waals surface area contributed by atoms with Crippen LogP contribution in [0.2, 0.25) is 0 Å². The quantitative estimate of drug-likeness (QED) is 0.672. The van der Waals surface area contributed by atoms with Gasteiger partial charge in [-0.15, -0.1) is 11.3 Å². The summed E-state index contributed by atoms with van der Waals surface area (Å²) in [6.07, 6.45) is 1.98. The summed E-state index contributed by atoms with van der Waals surface area (Å²) >= 11 is 1.53. The van der Waals surface area contributed by atoms with Gasteiger partial charge in [-0.2, -0.15) is 0 Å². The molecule has 1 atom stereocenters. The van der Waals surface area contributed by atoms with E-state index in [0.717, 1.165) is 17.7 Å². The van der Waals surface area contributed by atoms with E-state index in [9.17, 15) is 4.79 Å². The summed E-state index contributed by atoms with van der Waals surface area (Å²) in [5.41, 5.74) is 8.26. The van der Waals surface area contributed by atoms with E-state index in [2.05, 4.69) is 0 Å². The summed E-state index contributed by atoms with van der Waals surface area (Å²) in [5, 5.41) is 2.03. The zero-order chi connectivity index (χ0) is 8.72. The van der Waals surface area contributed by atoms with E-state index >= 15 is 0 Å². The van der Waals surface area contributed by atoms with Crippen LogP contribution in [0.1, 0.15) is 40.2 Å². The molecule has 1 aliphatic carbocycles. The average molecular weight is 181 g/mol. The van der Waals surface area contributed by atoms with Crippen LogP contribution in [-0.4, -0.2) is 5.78 Å². The summed E-state index contributed by atoms with van der Waals surface area (Å²) in [6.45, 7) is 1.62. The maximum Gasteiger partial charge on any atom is 0.170 e. The highest BCUT2D eigenvalue weighted by Gasteiger charge is 2.24. The minimum Gasteiger partial charge on any atom is -0.324 e. The molecule has 12 heavy (non-hydrogen) atoms. The van der Waals surface area contributed by atoms with Gasteiger partial charge in [0.05, 0.1) is 4.88 Å². The Morgan fingerprint density at radius 3 is 3.17 bits per heavy atom. The predicted octanol–water partition coefficient (Wildman–Crippen LogP) is 1.90. The number of carbonyl (C=O) groups excluding carboxylic acids is 1. The zero-order valence-corrected chi connectivity index (χ0v) is 7.78. The first kappa shape index (κ1) is 7.95. The van der Waals surface area contributed by atoms with Crippen LogP contribution in [0.5, 0.6) is 0 Å². The van der Waals surface area contributed by atoms with Gasteiger partial charge in [-0.3, -0.25) is 4.79 Å². The molecule has 0 amide bonds. The molecule has 0 aromatic carbocycles. The maximum atomic E-state index is 11.1. The number of rotatable bonds is 1. The highest BCUT2D eigenvalue weighted by molar-refractivity contribution is 7.12. The van der Waals surface area contributed by atoms with Gasteiger partial charge < -0.3 is 5.73 Å². The molecule has 1 aromatic rings. The van der Waals surface area contributed by atoms with Gasteiger partial charge in [0.25, 0.3) is 0 Å². The highest BCUT2D eigenvalue weighted by atomic mass is 32.1. The van der Waals surface area contributed by atoms with Crippen molar-refractivity contribution in [3.8, 4) is 0 Å². The number of thiophene rings is 1. The van der Waals surface area contributed by atoms with E-state index in [-0.39, 0.29) is 11.8 Å². The lowest BCUT2D eigenvalue weighted by Gasteiger charge is -1.97.